The quantitative estimate of drug-likeness (QED) is 0.246. The fraction of sp³-hybridized carbons (Fsp3) is 0.379. The molecule has 6 rings (SSSR count). The number of carbonyl (C=O) groups excluding carboxylic acids is 2. The van der Waals surface area contributed by atoms with Crippen LogP contribution < -0.4 is 4.90 Å². The van der Waals surface area contributed by atoms with Crippen molar-refractivity contribution in [3.63, 3.8) is 0 Å². The molecule has 0 amide bonds. The van der Waals surface area contributed by atoms with Gasteiger partial charge in [0.2, 0.25) is 0 Å². The standard InChI is InChI=1S/C29H28FN3O5S/c1-3-19-15-20(11-12-33(19)29-31-25-21(30)13-18(27(34)36-2)14-22(25)39-29)37-28(35)23-24(16-7-5-4-6-8-16)32-38-26(23)17-9-10-17/h4-8,13-14,17,19-20H,3,9-12,15H2,1-2H3/t19-,20-/m1/s1. The lowest BCUT2D eigenvalue weighted by Crippen LogP contribution is -2.45. The molecule has 0 radical (unpaired) electrons. The molecule has 8 nitrogen and oxygen atoms in total. The first kappa shape index (κ1) is 25.5. The number of thiazole rings is 1. The van der Waals surface area contributed by atoms with Gasteiger partial charge < -0.3 is 18.9 Å². The number of anilines is 1. The number of hydrogen-bond acceptors (Lipinski definition) is 9. The van der Waals surface area contributed by atoms with Crippen molar-refractivity contribution in [1.29, 1.82) is 0 Å². The Hall–Kier alpha value is -3.79. The molecule has 1 saturated carbocycles. The van der Waals surface area contributed by atoms with E-state index in [1.165, 1.54) is 18.4 Å². The van der Waals surface area contributed by atoms with Crippen LogP contribution in [0, 0.1) is 5.82 Å². The first-order chi connectivity index (χ1) is 19.0. The number of hydrogen-bond donors (Lipinski definition) is 0. The lowest BCUT2D eigenvalue weighted by molar-refractivity contribution is 0.0206. The summed E-state index contributed by atoms with van der Waals surface area (Å²) < 4.78 is 31.8. The monoisotopic (exact) mass is 549 g/mol. The SMILES string of the molecule is CC[C@@H]1C[C@H](OC(=O)c2c(-c3ccccc3)noc2C2CC2)CCN1c1nc2c(F)cc(C(=O)OC)cc2s1. The Bertz CT molecular complexity index is 1530. The van der Waals surface area contributed by atoms with Crippen molar-refractivity contribution in [2.45, 2.75) is 57.1 Å². The highest BCUT2D eigenvalue weighted by molar-refractivity contribution is 7.22. The summed E-state index contributed by atoms with van der Waals surface area (Å²) in [7, 11) is 1.27. The second-order valence-corrected chi connectivity index (χ2v) is 11.0. The molecule has 0 unspecified atom stereocenters. The summed E-state index contributed by atoms with van der Waals surface area (Å²) in [5.41, 5.74) is 2.17. The summed E-state index contributed by atoms with van der Waals surface area (Å²) in [4.78, 5) is 32.1. The van der Waals surface area contributed by atoms with Crippen LogP contribution in [0.4, 0.5) is 9.52 Å². The number of fused-ring (bicyclic) bond motifs is 1. The number of esters is 2. The summed E-state index contributed by atoms with van der Waals surface area (Å²) in [5, 5.41) is 4.93. The molecule has 10 heteroatoms. The van der Waals surface area contributed by atoms with Gasteiger partial charge in [0.15, 0.2) is 16.7 Å². The number of carbonyl (C=O) groups is 2. The van der Waals surface area contributed by atoms with Crippen LogP contribution >= 0.6 is 11.3 Å². The van der Waals surface area contributed by atoms with E-state index in [0.717, 1.165) is 30.9 Å². The molecule has 0 N–H and O–H groups in total. The van der Waals surface area contributed by atoms with E-state index in [2.05, 4.69) is 22.0 Å². The third kappa shape index (κ3) is 4.89. The van der Waals surface area contributed by atoms with Gasteiger partial charge in [-0.2, -0.15) is 0 Å². The number of benzene rings is 2. The van der Waals surface area contributed by atoms with Gasteiger partial charge in [-0.15, -0.1) is 0 Å². The molecule has 39 heavy (non-hydrogen) atoms. The van der Waals surface area contributed by atoms with Crippen LogP contribution in [0.15, 0.2) is 47.0 Å². The zero-order valence-electron chi connectivity index (χ0n) is 21.7. The Balaban J connectivity index is 1.21. The fourth-order valence-corrected chi connectivity index (χ4v) is 6.34. The first-order valence-electron chi connectivity index (χ1n) is 13.2. The lowest BCUT2D eigenvalue weighted by atomic mass is 9.97. The van der Waals surface area contributed by atoms with Gasteiger partial charge in [0, 0.05) is 36.9 Å². The third-order valence-corrected chi connectivity index (χ3v) is 8.47. The maximum atomic E-state index is 14.7. The normalized spacial score (nSPS) is 19.3. The molecule has 2 aromatic carbocycles. The number of aromatic nitrogens is 2. The van der Waals surface area contributed by atoms with Gasteiger partial charge in [0.05, 0.1) is 17.4 Å². The Morgan fingerprint density at radius 2 is 1.95 bits per heavy atom. The fourth-order valence-electron chi connectivity index (χ4n) is 5.22. The van der Waals surface area contributed by atoms with Gasteiger partial charge in [0.1, 0.15) is 22.9 Å². The predicted octanol–water partition coefficient (Wildman–Crippen LogP) is 6.36. The molecule has 2 atom stereocenters. The van der Waals surface area contributed by atoms with Gasteiger partial charge in [-0.1, -0.05) is 53.7 Å². The van der Waals surface area contributed by atoms with Crippen LogP contribution in [0.3, 0.4) is 0 Å². The van der Waals surface area contributed by atoms with Crippen molar-refractivity contribution < 1.29 is 28.0 Å². The van der Waals surface area contributed by atoms with Crippen LogP contribution in [0.1, 0.15) is 71.4 Å². The summed E-state index contributed by atoms with van der Waals surface area (Å²) in [6, 6.07) is 12.4. The molecule has 2 aliphatic rings. The Morgan fingerprint density at radius 1 is 1.15 bits per heavy atom. The molecule has 1 saturated heterocycles. The zero-order valence-corrected chi connectivity index (χ0v) is 22.5. The summed E-state index contributed by atoms with van der Waals surface area (Å²) in [6.45, 7) is 2.68. The van der Waals surface area contributed by atoms with E-state index in [1.807, 2.05) is 30.3 Å². The molecule has 2 aromatic heterocycles. The maximum absolute atomic E-state index is 14.7. The van der Waals surface area contributed by atoms with Crippen molar-refractivity contribution in [3.05, 3.63) is 65.2 Å². The van der Waals surface area contributed by atoms with Gasteiger partial charge in [-0.05, 0) is 31.4 Å². The van der Waals surface area contributed by atoms with Gasteiger partial charge in [0.25, 0.3) is 0 Å². The van der Waals surface area contributed by atoms with E-state index in [9.17, 15) is 14.0 Å². The van der Waals surface area contributed by atoms with Crippen molar-refractivity contribution in [1.82, 2.24) is 10.1 Å². The highest BCUT2D eigenvalue weighted by Crippen LogP contribution is 2.44. The third-order valence-electron chi connectivity index (χ3n) is 7.43. The van der Waals surface area contributed by atoms with Crippen LogP contribution in [0.25, 0.3) is 21.5 Å². The minimum Gasteiger partial charge on any atom is -0.465 e. The second kappa shape index (κ2) is 10.4. The Morgan fingerprint density at radius 3 is 2.67 bits per heavy atom. The molecule has 4 aromatic rings. The largest absolute Gasteiger partial charge is 0.465 e. The molecule has 0 bridgehead atoms. The van der Waals surface area contributed by atoms with Crippen molar-refractivity contribution in [3.8, 4) is 11.3 Å². The number of rotatable bonds is 7. The Kier molecular flexibility index (Phi) is 6.80. The number of methoxy groups -OCH3 is 1. The van der Waals surface area contributed by atoms with Crippen molar-refractivity contribution >= 4 is 38.6 Å². The van der Waals surface area contributed by atoms with E-state index in [1.54, 1.807) is 6.07 Å². The van der Waals surface area contributed by atoms with E-state index in [4.69, 9.17) is 14.0 Å². The topological polar surface area (TPSA) is 94.8 Å². The summed E-state index contributed by atoms with van der Waals surface area (Å²) >= 11 is 1.34. The lowest BCUT2D eigenvalue weighted by Gasteiger charge is -2.38. The maximum Gasteiger partial charge on any atom is 0.344 e. The van der Waals surface area contributed by atoms with Crippen LogP contribution in [-0.4, -0.2) is 47.9 Å². The minimum absolute atomic E-state index is 0.0548. The van der Waals surface area contributed by atoms with E-state index < -0.39 is 17.8 Å². The molecule has 1 aliphatic heterocycles. The number of nitrogens with zero attached hydrogens (tertiary/aromatic N) is 3. The number of ether oxygens (including phenoxy) is 2. The number of piperidine rings is 1. The van der Waals surface area contributed by atoms with Crippen LogP contribution in [-0.2, 0) is 9.47 Å². The molecule has 3 heterocycles. The molecular formula is C29H28FN3O5S. The van der Waals surface area contributed by atoms with E-state index in [-0.39, 0.29) is 29.1 Å². The average Bonchev–Trinajstić information content (AvgIpc) is 3.55. The molecule has 202 valence electrons. The van der Waals surface area contributed by atoms with Crippen molar-refractivity contribution in [2.24, 2.45) is 0 Å². The second-order valence-electron chi connectivity index (χ2n) is 10.0. The van der Waals surface area contributed by atoms with Crippen molar-refractivity contribution in [2.75, 3.05) is 18.6 Å². The minimum atomic E-state index is -0.590. The van der Waals surface area contributed by atoms with Gasteiger partial charge in [-0.3, -0.25) is 0 Å². The number of halogens is 1. The van der Waals surface area contributed by atoms with E-state index in [0.29, 0.717) is 46.2 Å². The van der Waals surface area contributed by atoms with Gasteiger partial charge >= 0.3 is 11.9 Å². The summed E-state index contributed by atoms with van der Waals surface area (Å²) in [5.74, 6) is -0.717. The molecule has 1 aliphatic carbocycles. The zero-order chi connectivity index (χ0) is 27.1. The Labute approximate surface area is 228 Å². The first-order valence-corrected chi connectivity index (χ1v) is 14.0. The molecular weight excluding hydrogens is 521 g/mol. The molecule has 0 spiro atoms. The smallest absolute Gasteiger partial charge is 0.344 e. The predicted molar refractivity (Wildman–Crippen MR) is 145 cm³/mol. The summed E-state index contributed by atoms with van der Waals surface area (Å²) in [6.07, 6.45) is 3.71. The molecule has 2 fully saturated rings. The van der Waals surface area contributed by atoms with Crippen LogP contribution in [0.2, 0.25) is 0 Å². The average molecular weight is 550 g/mol. The van der Waals surface area contributed by atoms with Gasteiger partial charge in [-0.25, -0.2) is 19.0 Å². The van der Waals surface area contributed by atoms with Crippen LogP contribution in [0.5, 0.6) is 0 Å². The highest BCUT2D eigenvalue weighted by Gasteiger charge is 2.38. The van der Waals surface area contributed by atoms with E-state index >= 15 is 0 Å². The highest BCUT2D eigenvalue weighted by atomic mass is 32.1.